The van der Waals surface area contributed by atoms with Gasteiger partial charge in [-0.25, -0.2) is 9.97 Å². The standard InChI is InChI=1S/C14H23N5/c1-11(2)8-15-6-7-19(3)9-12-4-5-16-14-13(12)17-10-18-14/h4-5,10-11,15H,6-9H2,1-3H3,(H,16,17,18). The number of imidazole rings is 1. The number of rotatable bonds is 7. The van der Waals surface area contributed by atoms with Crippen LogP contribution < -0.4 is 5.32 Å². The lowest BCUT2D eigenvalue weighted by Gasteiger charge is -2.17. The largest absolute Gasteiger partial charge is 0.343 e. The Morgan fingerprint density at radius 1 is 1.37 bits per heavy atom. The molecule has 2 aromatic rings. The van der Waals surface area contributed by atoms with Gasteiger partial charge in [-0.3, -0.25) is 0 Å². The zero-order chi connectivity index (χ0) is 13.7. The van der Waals surface area contributed by atoms with Crippen LogP contribution in [0.5, 0.6) is 0 Å². The number of fused-ring (bicyclic) bond motifs is 1. The second-order valence-electron chi connectivity index (χ2n) is 5.41. The quantitative estimate of drug-likeness (QED) is 0.744. The van der Waals surface area contributed by atoms with Crippen molar-refractivity contribution >= 4 is 11.2 Å². The van der Waals surface area contributed by atoms with Crippen molar-refractivity contribution in [2.45, 2.75) is 20.4 Å². The summed E-state index contributed by atoms with van der Waals surface area (Å²) in [4.78, 5) is 13.9. The fourth-order valence-electron chi connectivity index (χ4n) is 2.06. The zero-order valence-corrected chi connectivity index (χ0v) is 12.0. The molecule has 2 rings (SSSR count). The van der Waals surface area contributed by atoms with E-state index >= 15 is 0 Å². The summed E-state index contributed by atoms with van der Waals surface area (Å²) in [6, 6.07) is 2.05. The Balaban J connectivity index is 1.85. The fourth-order valence-corrected chi connectivity index (χ4v) is 2.06. The van der Waals surface area contributed by atoms with Gasteiger partial charge in [0.1, 0.15) is 0 Å². The Morgan fingerprint density at radius 3 is 3.00 bits per heavy atom. The number of likely N-dealkylation sites (N-methyl/N-ethyl adjacent to an activating group) is 1. The second kappa shape index (κ2) is 6.63. The third-order valence-corrected chi connectivity index (χ3v) is 3.08. The third-order valence-electron chi connectivity index (χ3n) is 3.08. The summed E-state index contributed by atoms with van der Waals surface area (Å²) < 4.78 is 0. The van der Waals surface area contributed by atoms with E-state index in [-0.39, 0.29) is 0 Å². The van der Waals surface area contributed by atoms with E-state index < -0.39 is 0 Å². The smallest absolute Gasteiger partial charge is 0.177 e. The second-order valence-corrected chi connectivity index (χ2v) is 5.41. The summed E-state index contributed by atoms with van der Waals surface area (Å²) in [5.41, 5.74) is 3.09. The predicted octanol–water partition coefficient (Wildman–Crippen LogP) is 1.64. The Hall–Kier alpha value is -1.46. The van der Waals surface area contributed by atoms with Crippen LogP contribution in [0.2, 0.25) is 0 Å². The van der Waals surface area contributed by atoms with E-state index in [0.29, 0.717) is 5.92 Å². The summed E-state index contributed by atoms with van der Waals surface area (Å²) in [6.07, 6.45) is 3.52. The average molecular weight is 261 g/mol. The maximum atomic E-state index is 4.23. The van der Waals surface area contributed by atoms with Crippen molar-refractivity contribution in [3.05, 3.63) is 24.2 Å². The number of hydrogen-bond donors (Lipinski definition) is 2. The number of nitrogens with one attached hydrogen (secondary N) is 2. The Bertz CT molecular complexity index is 505. The molecule has 0 aliphatic carbocycles. The lowest BCUT2D eigenvalue weighted by atomic mass is 10.2. The molecule has 0 radical (unpaired) electrons. The van der Waals surface area contributed by atoms with Crippen LogP contribution in [0.4, 0.5) is 0 Å². The molecule has 2 aromatic heterocycles. The van der Waals surface area contributed by atoms with Crippen molar-refractivity contribution in [1.29, 1.82) is 0 Å². The molecule has 19 heavy (non-hydrogen) atoms. The van der Waals surface area contributed by atoms with Crippen molar-refractivity contribution in [3.63, 3.8) is 0 Å². The molecule has 5 heteroatoms. The topological polar surface area (TPSA) is 56.8 Å². The van der Waals surface area contributed by atoms with Crippen molar-refractivity contribution in [1.82, 2.24) is 25.2 Å². The molecule has 0 unspecified atom stereocenters. The van der Waals surface area contributed by atoms with E-state index in [1.807, 2.05) is 6.20 Å². The molecule has 0 spiro atoms. The summed E-state index contributed by atoms with van der Waals surface area (Å²) in [7, 11) is 2.14. The van der Waals surface area contributed by atoms with Gasteiger partial charge in [0.25, 0.3) is 0 Å². The minimum absolute atomic E-state index is 0.704. The first-order valence-electron chi connectivity index (χ1n) is 6.83. The monoisotopic (exact) mass is 261 g/mol. The van der Waals surface area contributed by atoms with Gasteiger partial charge in [-0.2, -0.15) is 0 Å². The highest BCUT2D eigenvalue weighted by Crippen LogP contribution is 2.13. The van der Waals surface area contributed by atoms with Gasteiger partial charge < -0.3 is 15.2 Å². The number of pyridine rings is 1. The predicted molar refractivity (Wildman–Crippen MR) is 77.9 cm³/mol. The van der Waals surface area contributed by atoms with Crippen molar-refractivity contribution < 1.29 is 0 Å². The van der Waals surface area contributed by atoms with Crippen LogP contribution >= 0.6 is 0 Å². The SMILES string of the molecule is CC(C)CNCCN(C)Cc1ccnc2nc[nH]c12. The Labute approximate surface area is 114 Å². The highest BCUT2D eigenvalue weighted by Gasteiger charge is 2.06. The first kappa shape index (κ1) is 14.0. The maximum absolute atomic E-state index is 4.23. The maximum Gasteiger partial charge on any atom is 0.177 e. The minimum Gasteiger partial charge on any atom is -0.343 e. The molecule has 0 aliphatic heterocycles. The number of aromatic nitrogens is 3. The number of H-pyrrole nitrogens is 1. The molecule has 0 saturated heterocycles. The normalized spacial score (nSPS) is 11.8. The van der Waals surface area contributed by atoms with E-state index in [4.69, 9.17) is 0 Å². The first-order chi connectivity index (χ1) is 9.16. The van der Waals surface area contributed by atoms with Gasteiger partial charge in [0.2, 0.25) is 0 Å². The molecule has 0 amide bonds. The first-order valence-corrected chi connectivity index (χ1v) is 6.83. The summed E-state index contributed by atoms with van der Waals surface area (Å²) in [6.45, 7) is 8.49. The molecule has 0 fully saturated rings. The lowest BCUT2D eigenvalue weighted by molar-refractivity contribution is 0.322. The molecule has 0 bridgehead atoms. The van der Waals surface area contributed by atoms with Crippen molar-refractivity contribution in [2.75, 3.05) is 26.7 Å². The molecule has 0 saturated carbocycles. The van der Waals surface area contributed by atoms with Crippen LogP contribution in [0, 0.1) is 5.92 Å². The van der Waals surface area contributed by atoms with Gasteiger partial charge in [0.15, 0.2) is 5.65 Å². The minimum atomic E-state index is 0.704. The van der Waals surface area contributed by atoms with E-state index in [2.05, 4.69) is 52.1 Å². The van der Waals surface area contributed by atoms with E-state index in [1.54, 1.807) is 6.33 Å². The van der Waals surface area contributed by atoms with Gasteiger partial charge in [-0.15, -0.1) is 0 Å². The summed E-state index contributed by atoms with van der Waals surface area (Å²) in [5, 5.41) is 3.46. The molecule has 104 valence electrons. The van der Waals surface area contributed by atoms with Crippen molar-refractivity contribution in [3.8, 4) is 0 Å². The molecule has 2 heterocycles. The van der Waals surface area contributed by atoms with Crippen LogP contribution in [0.15, 0.2) is 18.6 Å². The summed E-state index contributed by atoms with van der Waals surface area (Å²) >= 11 is 0. The fraction of sp³-hybridized carbons (Fsp3) is 0.571. The van der Waals surface area contributed by atoms with E-state index in [1.165, 1.54) is 5.56 Å². The van der Waals surface area contributed by atoms with E-state index in [0.717, 1.165) is 37.3 Å². The molecular weight excluding hydrogens is 238 g/mol. The third kappa shape index (κ3) is 4.01. The van der Waals surface area contributed by atoms with Gasteiger partial charge in [0.05, 0.1) is 11.8 Å². The van der Waals surface area contributed by atoms with Crippen LogP contribution in [0.1, 0.15) is 19.4 Å². The van der Waals surface area contributed by atoms with E-state index in [9.17, 15) is 0 Å². The van der Waals surface area contributed by atoms with Gasteiger partial charge in [-0.1, -0.05) is 13.8 Å². The molecule has 2 N–H and O–H groups in total. The van der Waals surface area contributed by atoms with Crippen LogP contribution in [0.3, 0.4) is 0 Å². The molecule has 5 nitrogen and oxygen atoms in total. The molecule has 0 aliphatic rings. The Kier molecular flexibility index (Phi) is 4.87. The molecular formula is C14H23N5. The van der Waals surface area contributed by atoms with Crippen LogP contribution in [-0.2, 0) is 6.54 Å². The highest BCUT2D eigenvalue weighted by molar-refractivity contribution is 5.73. The van der Waals surface area contributed by atoms with Crippen molar-refractivity contribution in [2.24, 2.45) is 5.92 Å². The van der Waals surface area contributed by atoms with Gasteiger partial charge >= 0.3 is 0 Å². The van der Waals surface area contributed by atoms with Gasteiger partial charge in [-0.05, 0) is 31.1 Å². The van der Waals surface area contributed by atoms with Gasteiger partial charge in [0, 0.05) is 25.8 Å². The highest BCUT2D eigenvalue weighted by atomic mass is 15.1. The number of hydrogen-bond acceptors (Lipinski definition) is 4. The Morgan fingerprint density at radius 2 is 2.21 bits per heavy atom. The summed E-state index contributed by atoms with van der Waals surface area (Å²) in [5.74, 6) is 0.704. The zero-order valence-electron chi connectivity index (χ0n) is 12.0. The number of nitrogens with zero attached hydrogens (tertiary/aromatic N) is 3. The molecule has 0 atom stereocenters. The van der Waals surface area contributed by atoms with Crippen LogP contribution in [0.25, 0.3) is 11.2 Å². The molecule has 0 aromatic carbocycles. The number of aromatic amines is 1. The van der Waals surface area contributed by atoms with Crippen LogP contribution in [-0.4, -0.2) is 46.5 Å². The average Bonchev–Trinajstić information content (AvgIpc) is 2.84. The lowest BCUT2D eigenvalue weighted by Crippen LogP contribution is -2.30.